The molecule has 0 N–H and O–H groups in total. The molecule has 1 aromatic heterocycles. The fraction of sp³-hybridized carbons (Fsp3) is 0.167. The predicted molar refractivity (Wildman–Crippen MR) is 94.8 cm³/mol. The molecular formula is C18H12F4O7S. The number of methoxy groups -OCH3 is 2. The first-order valence-corrected chi connectivity index (χ1v) is 9.38. The van der Waals surface area contributed by atoms with E-state index in [1.165, 1.54) is 14.2 Å². The molecule has 30 heavy (non-hydrogen) atoms. The van der Waals surface area contributed by atoms with Gasteiger partial charge in [-0.05, 0) is 12.1 Å². The van der Waals surface area contributed by atoms with Crippen LogP contribution >= 0.6 is 0 Å². The van der Waals surface area contributed by atoms with Gasteiger partial charge in [0.15, 0.2) is 11.5 Å². The molecule has 0 saturated carbocycles. The number of halogens is 4. The van der Waals surface area contributed by atoms with E-state index in [1.807, 2.05) is 0 Å². The molecule has 0 spiro atoms. The minimum absolute atomic E-state index is 0.0684. The van der Waals surface area contributed by atoms with Crippen LogP contribution < -0.4 is 19.3 Å². The number of hydrogen-bond donors (Lipinski definition) is 0. The van der Waals surface area contributed by atoms with Gasteiger partial charge < -0.3 is 18.1 Å². The van der Waals surface area contributed by atoms with Crippen LogP contribution in [-0.2, 0) is 16.3 Å². The highest BCUT2D eigenvalue weighted by Crippen LogP contribution is 2.36. The van der Waals surface area contributed by atoms with Crippen molar-refractivity contribution in [3.05, 3.63) is 58.2 Å². The summed E-state index contributed by atoms with van der Waals surface area (Å²) in [6, 6.07) is 4.43. The number of hydrogen-bond acceptors (Lipinski definition) is 7. The van der Waals surface area contributed by atoms with Crippen LogP contribution in [0.4, 0.5) is 17.6 Å². The number of rotatable bonds is 5. The number of ether oxygens (including phenoxy) is 2. The van der Waals surface area contributed by atoms with Crippen LogP contribution in [-0.4, -0.2) is 22.6 Å². The van der Waals surface area contributed by atoms with E-state index >= 15 is 0 Å². The smallest absolute Gasteiger partial charge is 0.417 e. The molecule has 0 bridgehead atoms. The second-order valence-electron chi connectivity index (χ2n) is 5.81. The number of fused-ring (bicyclic) bond motifs is 1. The zero-order chi connectivity index (χ0) is 22.3. The maximum Gasteiger partial charge on any atom is 0.417 e. The van der Waals surface area contributed by atoms with Gasteiger partial charge in [-0.15, -0.1) is 0 Å². The van der Waals surface area contributed by atoms with Gasteiger partial charge in [0.2, 0.25) is 0 Å². The summed E-state index contributed by atoms with van der Waals surface area (Å²) in [6.45, 7) is 0. The van der Waals surface area contributed by atoms with Crippen molar-refractivity contribution in [3.63, 3.8) is 0 Å². The third kappa shape index (κ3) is 4.03. The molecule has 1 heterocycles. The lowest BCUT2D eigenvalue weighted by Crippen LogP contribution is -2.13. The molecule has 3 aromatic rings. The highest BCUT2D eigenvalue weighted by Gasteiger charge is 2.34. The lowest BCUT2D eigenvalue weighted by molar-refractivity contribution is -0.136. The Balaban J connectivity index is 2.07. The lowest BCUT2D eigenvalue weighted by atomic mass is 10.1. The van der Waals surface area contributed by atoms with Crippen molar-refractivity contribution in [2.45, 2.75) is 11.1 Å². The topological polar surface area (TPSA) is 92.0 Å². The summed E-state index contributed by atoms with van der Waals surface area (Å²) in [5.74, 6) is -1.87. The Bertz CT molecular complexity index is 1280. The Morgan fingerprint density at radius 1 is 0.967 bits per heavy atom. The first kappa shape index (κ1) is 21.4. The molecule has 0 atom stereocenters. The number of alkyl halides is 3. The van der Waals surface area contributed by atoms with Crippen LogP contribution in [0.25, 0.3) is 11.0 Å². The first-order chi connectivity index (χ1) is 14.0. The van der Waals surface area contributed by atoms with Crippen LogP contribution in [0.5, 0.6) is 17.2 Å². The summed E-state index contributed by atoms with van der Waals surface area (Å²) in [5, 5.41) is -0.482. The summed E-state index contributed by atoms with van der Waals surface area (Å²) in [4.78, 5) is 10.5. The SMILES string of the molecule is COc1cc(F)c(S(=O)(=O)Oc2ccc3c(C(F)(F)F)cc(=O)oc3c2)cc1OC. The Morgan fingerprint density at radius 3 is 2.20 bits per heavy atom. The fourth-order valence-corrected chi connectivity index (χ4v) is 3.62. The van der Waals surface area contributed by atoms with E-state index in [4.69, 9.17) is 18.1 Å². The maximum absolute atomic E-state index is 14.3. The quantitative estimate of drug-likeness (QED) is 0.334. The summed E-state index contributed by atoms with van der Waals surface area (Å²) in [7, 11) is -2.34. The first-order valence-electron chi connectivity index (χ1n) is 7.97. The molecule has 0 radical (unpaired) electrons. The lowest BCUT2D eigenvalue weighted by Gasteiger charge is -2.13. The van der Waals surface area contributed by atoms with Crippen LogP contribution in [0, 0.1) is 5.82 Å². The maximum atomic E-state index is 14.3. The molecule has 0 unspecified atom stereocenters. The van der Waals surface area contributed by atoms with E-state index < -0.39 is 54.9 Å². The molecule has 0 amide bonds. The third-order valence-electron chi connectivity index (χ3n) is 3.93. The van der Waals surface area contributed by atoms with Gasteiger partial charge in [-0.25, -0.2) is 9.18 Å². The molecule has 0 fully saturated rings. The van der Waals surface area contributed by atoms with Crippen molar-refractivity contribution in [2.75, 3.05) is 14.2 Å². The summed E-state index contributed by atoms with van der Waals surface area (Å²) in [5.41, 5.74) is -3.11. The molecule has 7 nitrogen and oxygen atoms in total. The van der Waals surface area contributed by atoms with E-state index in [2.05, 4.69) is 0 Å². The van der Waals surface area contributed by atoms with Crippen molar-refractivity contribution >= 4 is 21.1 Å². The minimum Gasteiger partial charge on any atom is -0.493 e. The average Bonchev–Trinajstić information content (AvgIpc) is 2.65. The zero-order valence-electron chi connectivity index (χ0n) is 15.2. The van der Waals surface area contributed by atoms with Gasteiger partial charge in [-0.3, -0.25) is 0 Å². The van der Waals surface area contributed by atoms with Gasteiger partial charge in [0.25, 0.3) is 0 Å². The van der Waals surface area contributed by atoms with Gasteiger partial charge in [-0.1, -0.05) is 0 Å². The standard InChI is InChI=1S/C18H12F4O7S/c1-26-14-7-12(19)16(8-15(14)27-2)30(24,25)29-9-3-4-10-11(18(20,21)22)6-17(23)28-13(10)5-9/h3-8H,1-2H3. The number of benzene rings is 2. The fourth-order valence-electron chi connectivity index (χ4n) is 2.63. The van der Waals surface area contributed by atoms with Crippen molar-refractivity contribution in [1.29, 1.82) is 0 Å². The molecule has 0 saturated heterocycles. The molecule has 0 aliphatic carbocycles. The summed E-state index contributed by atoms with van der Waals surface area (Å²) in [6.07, 6.45) is -4.84. The molecule has 12 heteroatoms. The molecular weight excluding hydrogens is 436 g/mol. The Morgan fingerprint density at radius 2 is 1.60 bits per heavy atom. The molecule has 2 aromatic carbocycles. The third-order valence-corrected chi connectivity index (χ3v) is 5.20. The van der Waals surface area contributed by atoms with Crippen LogP contribution in [0.2, 0.25) is 0 Å². The minimum atomic E-state index is -4.84. The van der Waals surface area contributed by atoms with E-state index in [0.717, 1.165) is 30.3 Å². The van der Waals surface area contributed by atoms with Gasteiger partial charge in [0.05, 0.1) is 19.8 Å². The van der Waals surface area contributed by atoms with E-state index in [1.54, 1.807) is 0 Å². The molecule has 3 rings (SSSR count). The van der Waals surface area contributed by atoms with Crippen LogP contribution in [0.1, 0.15) is 5.56 Å². The molecule has 0 aliphatic heterocycles. The van der Waals surface area contributed by atoms with Gasteiger partial charge in [0, 0.05) is 29.7 Å². The second-order valence-corrected chi connectivity index (χ2v) is 7.32. The normalized spacial score (nSPS) is 12.1. The predicted octanol–water partition coefficient (Wildman–Crippen LogP) is 3.74. The Hall–Kier alpha value is -3.28. The van der Waals surface area contributed by atoms with Crippen molar-refractivity contribution in [2.24, 2.45) is 0 Å². The highest BCUT2D eigenvalue weighted by molar-refractivity contribution is 7.87. The largest absolute Gasteiger partial charge is 0.493 e. The van der Waals surface area contributed by atoms with Gasteiger partial charge >= 0.3 is 21.9 Å². The second kappa shape index (κ2) is 7.52. The molecule has 160 valence electrons. The van der Waals surface area contributed by atoms with E-state index in [-0.39, 0.29) is 17.6 Å². The monoisotopic (exact) mass is 448 g/mol. The summed E-state index contributed by atoms with van der Waals surface area (Å²) < 4.78 is 97.8. The summed E-state index contributed by atoms with van der Waals surface area (Å²) >= 11 is 0. The highest BCUT2D eigenvalue weighted by atomic mass is 32.2. The Labute approximate surface area is 166 Å². The van der Waals surface area contributed by atoms with Gasteiger partial charge in [-0.2, -0.15) is 21.6 Å². The van der Waals surface area contributed by atoms with Crippen LogP contribution in [0.15, 0.2) is 50.5 Å². The van der Waals surface area contributed by atoms with Crippen LogP contribution in [0.3, 0.4) is 0 Å². The average molecular weight is 448 g/mol. The Kier molecular flexibility index (Phi) is 5.37. The van der Waals surface area contributed by atoms with Crippen molar-refractivity contribution in [1.82, 2.24) is 0 Å². The molecule has 0 aliphatic rings. The zero-order valence-corrected chi connectivity index (χ0v) is 16.1. The van der Waals surface area contributed by atoms with E-state index in [9.17, 15) is 30.8 Å². The van der Waals surface area contributed by atoms with E-state index in [0.29, 0.717) is 0 Å². The van der Waals surface area contributed by atoms with Crippen molar-refractivity contribution in [3.8, 4) is 17.2 Å². The van der Waals surface area contributed by atoms with Gasteiger partial charge in [0.1, 0.15) is 22.0 Å². The van der Waals surface area contributed by atoms with Crippen molar-refractivity contribution < 1.29 is 44.1 Å².